The highest BCUT2D eigenvalue weighted by Gasteiger charge is 2.45. The van der Waals surface area contributed by atoms with E-state index in [1.807, 2.05) is 0 Å². The van der Waals surface area contributed by atoms with E-state index >= 15 is 0 Å². The molecule has 3 aliphatic carbocycles. The molecular weight excluding hydrogens is 456 g/mol. The normalized spacial score (nSPS) is 19.8. The fraction of sp³-hybridized carbons (Fsp3) is 0.105. The molecule has 0 bridgehead atoms. The van der Waals surface area contributed by atoms with Gasteiger partial charge in [-0.05, 0) is 86.9 Å². The van der Waals surface area contributed by atoms with Gasteiger partial charge >= 0.3 is 0 Å². The summed E-state index contributed by atoms with van der Waals surface area (Å²) in [4.78, 5) is 0. The summed E-state index contributed by atoms with van der Waals surface area (Å²) in [6.45, 7) is 4.64. The number of benzene rings is 4. The van der Waals surface area contributed by atoms with Gasteiger partial charge in [0.25, 0.3) is 0 Å². The Morgan fingerprint density at radius 1 is 0.658 bits per heavy atom. The molecule has 7 rings (SSSR count). The topological polar surface area (TPSA) is 0 Å². The van der Waals surface area contributed by atoms with Gasteiger partial charge in [0.2, 0.25) is 0 Å². The van der Waals surface area contributed by atoms with Gasteiger partial charge in [-0.15, -0.1) is 0 Å². The highest BCUT2D eigenvalue weighted by molar-refractivity contribution is 6.23. The maximum Gasteiger partial charge on any atom is 0.0444 e. The van der Waals surface area contributed by atoms with Crippen LogP contribution in [0.5, 0.6) is 0 Å². The van der Waals surface area contributed by atoms with E-state index in [1.165, 1.54) is 66.1 Å². The lowest BCUT2D eigenvalue weighted by molar-refractivity contribution is 0.724. The monoisotopic (exact) mass is 486 g/mol. The molecule has 0 saturated heterocycles. The Hall–Kier alpha value is -4.42. The van der Waals surface area contributed by atoms with Crippen molar-refractivity contribution in [2.75, 3.05) is 0 Å². The third-order valence-electron chi connectivity index (χ3n) is 8.38. The van der Waals surface area contributed by atoms with Crippen LogP contribution in [0.3, 0.4) is 0 Å². The van der Waals surface area contributed by atoms with Gasteiger partial charge in [0.1, 0.15) is 0 Å². The quantitative estimate of drug-likeness (QED) is 0.277. The van der Waals surface area contributed by atoms with Gasteiger partial charge in [0.15, 0.2) is 0 Å². The summed E-state index contributed by atoms with van der Waals surface area (Å²) in [5.74, 6) is 0. The van der Waals surface area contributed by atoms with Crippen LogP contribution in [0.15, 0.2) is 144 Å². The first-order chi connectivity index (χ1) is 18.7. The van der Waals surface area contributed by atoms with E-state index in [0.717, 1.165) is 6.42 Å². The van der Waals surface area contributed by atoms with Gasteiger partial charge in [0, 0.05) is 5.41 Å². The summed E-state index contributed by atoms with van der Waals surface area (Å²) in [5.41, 5.74) is 13.1. The van der Waals surface area contributed by atoms with Crippen molar-refractivity contribution in [3.05, 3.63) is 177 Å². The van der Waals surface area contributed by atoms with Crippen LogP contribution in [0.4, 0.5) is 0 Å². The van der Waals surface area contributed by atoms with E-state index in [-0.39, 0.29) is 5.41 Å². The van der Waals surface area contributed by atoms with E-state index in [2.05, 4.69) is 147 Å². The molecular formula is C38H30. The molecule has 0 N–H and O–H groups in total. The first-order valence-electron chi connectivity index (χ1n) is 13.5. The largest absolute Gasteiger partial charge is 0.0801 e. The van der Waals surface area contributed by atoms with Crippen molar-refractivity contribution >= 4 is 22.8 Å². The number of hydrogen-bond donors (Lipinski definition) is 0. The standard InChI is InChI=1S/C38H30/c1-26-22-23-32-30(24-26)25-33-35(32)34(27-14-6-3-7-15-27)37(29-16-8-4-9-17-29)38(2,31-20-10-5-11-21-31)36(33)28-18-12-13-19-28/h3-18,20-25H,19H2,1-2H3. The van der Waals surface area contributed by atoms with Gasteiger partial charge in [-0.3, -0.25) is 0 Å². The third kappa shape index (κ3) is 3.37. The van der Waals surface area contributed by atoms with Crippen LogP contribution < -0.4 is 10.4 Å². The zero-order valence-electron chi connectivity index (χ0n) is 21.9. The molecule has 0 spiro atoms. The van der Waals surface area contributed by atoms with Crippen molar-refractivity contribution in [1.29, 1.82) is 0 Å². The Kier molecular flexibility index (Phi) is 5.30. The Morgan fingerprint density at radius 3 is 1.97 bits per heavy atom. The predicted octanol–water partition coefficient (Wildman–Crippen LogP) is 7.71. The molecule has 1 unspecified atom stereocenters. The molecule has 0 radical (unpaired) electrons. The molecule has 0 aliphatic heterocycles. The molecule has 3 aliphatic rings. The molecule has 4 aromatic carbocycles. The maximum absolute atomic E-state index is 2.46. The van der Waals surface area contributed by atoms with Crippen molar-refractivity contribution in [2.45, 2.75) is 25.7 Å². The number of hydrogen-bond acceptors (Lipinski definition) is 0. The molecule has 4 aromatic rings. The van der Waals surface area contributed by atoms with Gasteiger partial charge in [0.05, 0.1) is 0 Å². The van der Waals surface area contributed by atoms with E-state index in [9.17, 15) is 0 Å². The molecule has 0 amide bonds. The highest BCUT2D eigenvalue weighted by Crippen LogP contribution is 2.58. The fourth-order valence-electron chi connectivity index (χ4n) is 6.76. The summed E-state index contributed by atoms with van der Waals surface area (Å²) in [7, 11) is 0. The van der Waals surface area contributed by atoms with Crippen molar-refractivity contribution < 1.29 is 0 Å². The molecule has 0 nitrogen and oxygen atoms in total. The van der Waals surface area contributed by atoms with Crippen LogP contribution in [0.25, 0.3) is 22.8 Å². The molecule has 38 heavy (non-hydrogen) atoms. The average molecular weight is 487 g/mol. The fourth-order valence-corrected chi connectivity index (χ4v) is 6.76. The van der Waals surface area contributed by atoms with Crippen molar-refractivity contribution in [3.8, 4) is 0 Å². The first kappa shape index (κ1) is 22.8. The molecule has 0 aromatic heterocycles. The minimum atomic E-state index is -0.349. The van der Waals surface area contributed by atoms with Crippen LogP contribution in [0.2, 0.25) is 0 Å². The summed E-state index contributed by atoms with van der Waals surface area (Å²) in [6.07, 6.45) is 10.3. The highest BCUT2D eigenvalue weighted by atomic mass is 14.5. The van der Waals surface area contributed by atoms with Crippen molar-refractivity contribution in [2.24, 2.45) is 0 Å². The number of rotatable bonds is 4. The number of fused-ring (bicyclic) bond motifs is 2. The van der Waals surface area contributed by atoms with Crippen LogP contribution in [0, 0.1) is 6.92 Å². The lowest BCUT2D eigenvalue weighted by atomic mass is 9.58. The predicted molar refractivity (Wildman–Crippen MR) is 161 cm³/mol. The average Bonchev–Trinajstić information content (AvgIpc) is 3.62. The van der Waals surface area contributed by atoms with Gasteiger partial charge < -0.3 is 0 Å². The maximum atomic E-state index is 2.46. The van der Waals surface area contributed by atoms with Gasteiger partial charge in [-0.1, -0.05) is 133 Å². The zero-order chi connectivity index (χ0) is 25.7. The van der Waals surface area contributed by atoms with Crippen LogP contribution in [0.1, 0.15) is 35.6 Å². The van der Waals surface area contributed by atoms with Crippen molar-refractivity contribution in [3.63, 3.8) is 0 Å². The SMILES string of the molecule is Cc1ccc2c(c1)=CC1=C(C3=CC=CC3)C(C)(c3ccccc3)C(c3ccccc3)=C(c3ccccc3)C=21. The van der Waals surface area contributed by atoms with Gasteiger partial charge in [-0.2, -0.15) is 0 Å². The van der Waals surface area contributed by atoms with Crippen LogP contribution >= 0.6 is 0 Å². The summed E-state index contributed by atoms with van der Waals surface area (Å²) < 4.78 is 0. The van der Waals surface area contributed by atoms with E-state index in [4.69, 9.17) is 0 Å². The van der Waals surface area contributed by atoms with E-state index < -0.39 is 0 Å². The number of aryl methyl sites for hydroxylation is 1. The minimum absolute atomic E-state index is 0.349. The summed E-state index contributed by atoms with van der Waals surface area (Å²) in [6, 6.07) is 40.1. The minimum Gasteiger partial charge on any atom is -0.0801 e. The molecule has 0 heteroatoms. The molecule has 0 heterocycles. The Bertz CT molecular complexity index is 1810. The van der Waals surface area contributed by atoms with Crippen molar-refractivity contribution in [1.82, 2.24) is 0 Å². The smallest absolute Gasteiger partial charge is 0.0444 e. The second kappa shape index (κ2) is 8.85. The Labute approximate surface area is 225 Å². The van der Waals surface area contributed by atoms with E-state index in [0.29, 0.717) is 0 Å². The Balaban J connectivity index is 1.73. The lowest BCUT2D eigenvalue weighted by Gasteiger charge is -2.44. The molecule has 182 valence electrons. The summed E-state index contributed by atoms with van der Waals surface area (Å²) >= 11 is 0. The second-order valence-corrected chi connectivity index (χ2v) is 10.7. The lowest BCUT2D eigenvalue weighted by Crippen LogP contribution is -2.33. The second-order valence-electron chi connectivity index (χ2n) is 10.7. The molecule has 1 atom stereocenters. The van der Waals surface area contributed by atoms with Gasteiger partial charge in [-0.25, -0.2) is 0 Å². The number of allylic oxidation sites excluding steroid dienone is 8. The molecule has 0 saturated carbocycles. The van der Waals surface area contributed by atoms with Crippen LogP contribution in [-0.4, -0.2) is 0 Å². The molecule has 0 fully saturated rings. The van der Waals surface area contributed by atoms with Crippen LogP contribution in [-0.2, 0) is 5.41 Å². The first-order valence-corrected chi connectivity index (χ1v) is 13.5. The summed E-state index contributed by atoms with van der Waals surface area (Å²) in [5, 5.41) is 2.65. The Morgan fingerprint density at radius 2 is 1.32 bits per heavy atom. The zero-order valence-corrected chi connectivity index (χ0v) is 21.9. The van der Waals surface area contributed by atoms with E-state index in [1.54, 1.807) is 0 Å². The third-order valence-corrected chi connectivity index (χ3v) is 8.38.